The van der Waals surface area contributed by atoms with E-state index < -0.39 is 6.23 Å². The van der Waals surface area contributed by atoms with Crippen LogP contribution in [0.4, 0.5) is 0 Å². The molecule has 0 saturated heterocycles. The summed E-state index contributed by atoms with van der Waals surface area (Å²) in [5, 5.41) is 10.3. The maximum absolute atomic E-state index is 12.2. The zero-order valence-corrected chi connectivity index (χ0v) is 10.9. The van der Waals surface area contributed by atoms with Crippen LogP contribution in [0.2, 0.25) is 0 Å². The molecule has 1 atom stereocenters. The minimum absolute atomic E-state index is 0.0655. The Hall–Kier alpha value is -1.81. The predicted molar refractivity (Wildman–Crippen MR) is 69.9 cm³/mol. The smallest absolute Gasteiger partial charge is 0.189 e. The van der Waals surface area contributed by atoms with Crippen molar-refractivity contribution in [2.75, 3.05) is 20.6 Å². The first-order valence-electron chi connectivity index (χ1n) is 6.03. The van der Waals surface area contributed by atoms with Gasteiger partial charge < -0.3 is 14.9 Å². The molecule has 0 spiro atoms. The summed E-state index contributed by atoms with van der Waals surface area (Å²) in [6.07, 6.45) is 0.784. The molecule has 0 bridgehead atoms. The van der Waals surface area contributed by atoms with Gasteiger partial charge in [0.2, 0.25) is 0 Å². The lowest BCUT2D eigenvalue weighted by Crippen LogP contribution is -2.32. The van der Waals surface area contributed by atoms with Gasteiger partial charge in [-0.1, -0.05) is 24.3 Å². The Balaban J connectivity index is 2.52. The largest absolute Gasteiger partial charge is 0.369 e. The molecule has 18 heavy (non-hydrogen) atoms. The molecular weight excluding hydrogens is 228 g/mol. The minimum Gasteiger partial charge on any atom is -0.369 e. The third-order valence-corrected chi connectivity index (χ3v) is 3.36. The molecule has 0 saturated carbocycles. The number of aliphatic hydroxyl groups is 1. The van der Waals surface area contributed by atoms with Crippen molar-refractivity contribution in [2.24, 2.45) is 0 Å². The SMILES string of the molecule is CCN(C)C1=CC(=O)c2ccccc2[C@H](O)N1C. The van der Waals surface area contributed by atoms with Crippen molar-refractivity contribution in [1.82, 2.24) is 9.80 Å². The zero-order chi connectivity index (χ0) is 13.3. The monoisotopic (exact) mass is 246 g/mol. The molecule has 1 aromatic carbocycles. The third kappa shape index (κ3) is 1.99. The summed E-state index contributed by atoms with van der Waals surface area (Å²) >= 11 is 0. The highest BCUT2D eigenvalue weighted by molar-refractivity contribution is 6.06. The predicted octanol–water partition coefficient (Wildman–Crippen LogP) is 1.60. The van der Waals surface area contributed by atoms with Gasteiger partial charge in [-0.25, -0.2) is 0 Å². The average molecular weight is 246 g/mol. The quantitative estimate of drug-likeness (QED) is 0.861. The van der Waals surface area contributed by atoms with E-state index in [-0.39, 0.29) is 5.78 Å². The van der Waals surface area contributed by atoms with E-state index in [4.69, 9.17) is 0 Å². The van der Waals surface area contributed by atoms with Gasteiger partial charge in [-0.05, 0) is 6.92 Å². The van der Waals surface area contributed by atoms with Crippen LogP contribution in [0.5, 0.6) is 0 Å². The second-order valence-corrected chi connectivity index (χ2v) is 4.45. The maximum atomic E-state index is 12.2. The van der Waals surface area contributed by atoms with Gasteiger partial charge in [0.25, 0.3) is 0 Å². The number of ketones is 1. The van der Waals surface area contributed by atoms with Crippen molar-refractivity contribution >= 4 is 5.78 Å². The third-order valence-electron chi connectivity index (χ3n) is 3.36. The summed E-state index contributed by atoms with van der Waals surface area (Å²) in [6, 6.07) is 7.18. The van der Waals surface area contributed by atoms with Crippen LogP contribution < -0.4 is 0 Å². The number of fused-ring (bicyclic) bond motifs is 1. The fourth-order valence-electron chi connectivity index (χ4n) is 2.12. The highest BCUT2D eigenvalue weighted by Crippen LogP contribution is 2.28. The molecule has 1 aromatic rings. The van der Waals surface area contributed by atoms with Crippen LogP contribution in [0.15, 0.2) is 36.2 Å². The molecule has 1 aliphatic rings. The van der Waals surface area contributed by atoms with Crippen molar-refractivity contribution < 1.29 is 9.90 Å². The number of benzene rings is 1. The molecule has 4 nitrogen and oxygen atoms in total. The zero-order valence-electron chi connectivity index (χ0n) is 10.9. The standard InChI is InChI=1S/C14H18N2O2/c1-4-15(2)13-9-12(17)10-7-5-6-8-11(10)14(18)16(13)3/h5-9,14,18H,4H2,1-3H3/t14-/m0/s1. The Bertz CT molecular complexity index is 496. The van der Waals surface area contributed by atoms with Crippen LogP contribution in [0.1, 0.15) is 29.1 Å². The Morgan fingerprint density at radius 3 is 2.72 bits per heavy atom. The van der Waals surface area contributed by atoms with Gasteiger partial charge in [-0.15, -0.1) is 0 Å². The van der Waals surface area contributed by atoms with E-state index in [0.29, 0.717) is 11.1 Å². The summed E-state index contributed by atoms with van der Waals surface area (Å²) in [4.78, 5) is 15.8. The van der Waals surface area contributed by atoms with Gasteiger partial charge in [0.1, 0.15) is 5.82 Å². The van der Waals surface area contributed by atoms with E-state index in [1.165, 1.54) is 0 Å². The number of carbonyl (C=O) groups is 1. The van der Waals surface area contributed by atoms with Gasteiger partial charge in [-0.3, -0.25) is 4.79 Å². The molecule has 1 aliphatic heterocycles. The lowest BCUT2D eigenvalue weighted by molar-refractivity contribution is 0.0265. The lowest BCUT2D eigenvalue weighted by Gasteiger charge is -2.32. The van der Waals surface area contributed by atoms with Crippen LogP contribution in [-0.2, 0) is 0 Å². The Morgan fingerprint density at radius 1 is 1.39 bits per heavy atom. The molecule has 0 amide bonds. The Kier molecular flexibility index (Phi) is 3.39. The average Bonchev–Trinajstić information content (AvgIpc) is 2.50. The van der Waals surface area contributed by atoms with E-state index in [1.54, 1.807) is 30.2 Å². The maximum Gasteiger partial charge on any atom is 0.189 e. The van der Waals surface area contributed by atoms with Gasteiger partial charge in [0.05, 0.1) is 0 Å². The second kappa shape index (κ2) is 4.82. The molecule has 1 heterocycles. The first-order valence-corrected chi connectivity index (χ1v) is 6.03. The molecular formula is C14H18N2O2. The van der Waals surface area contributed by atoms with Gasteiger partial charge in [0, 0.05) is 37.8 Å². The first kappa shape index (κ1) is 12.6. The highest BCUT2D eigenvalue weighted by Gasteiger charge is 2.27. The molecule has 4 heteroatoms. The van der Waals surface area contributed by atoms with Crippen LogP contribution in [-0.4, -0.2) is 41.3 Å². The second-order valence-electron chi connectivity index (χ2n) is 4.45. The number of carbonyl (C=O) groups excluding carboxylic acids is 1. The molecule has 0 aliphatic carbocycles. The Morgan fingerprint density at radius 2 is 2.06 bits per heavy atom. The van der Waals surface area contributed by atoms with Crippen molar-refractivity contribution in [2.45, 2.75) is 13.2 Å². The van der Waals surface area contributed by atoms with Crippen molar-refractivity contribution in [1.29, 1.82) is 0 Å². The minimum atomic E-state index is -0.798. The van der Waals surface area contributed by atoms with Gasteiger partial charge >= 0.3 is 0 Å². The highest BCUT2D eigenvalue weighted by atomic mass is 16.3. The fourth-order valence-corrected chi connectivity index (χ4v) is 2.12. The normalized spacial score (nSPS) is 19.1. The van der Waals surface area contributed by atoms with E-state index in [2.05, 4.69) is 0 Å². The number of allylic oxidation sites excluding steroid dienone is 1. The summed E-state index contributed by atoms with van der Waals surface area (Å²) in [5.74, 6) is 0.663. The molecule has 0 unspecified atom stereocenters. The van der Waals surface area contributed by atoms with Crippen molar-refractivity contribution in [3.63, 3.8) is 0 Å². The summed E-state index contributed by atoms with van der Waals surface area (Å²) < 4.78 is 0. The molecule has 0 fully saturated rings. The number of rotatable bonds is 2. The van der Waals surface area contributed by atoms with Crippen LogP contribution >= 0.6 is 0 Å². The number of hydrogen-bond donors (Lipinski definition) is 1. The Labute approximate surface area is 107 Å². The van der Waals surface area contributed by atoms with E-state index in [9.17, 15) is 9.90 Å². The topological polar surface area (TPSA) is 43.8 Å². The van der Waals surface area contributed by atoms with Crippen LogP contribution in [0.25, 0.3) is 0 Å². The van der Waals surface area contributed by atoms with E-state index in [1.807, 2.05) is 31.0 Å². The summed E-state index contributed by atoms with van der Waals surface area (Å²) in [7, 11) is 3.69. The fraction of sp³-hybridized carbons (Fsp3) is 0.357. The van der Waals surface area contributed by atoms with E-state index in [0.717, 1.165) is 12.4 Å². The lowest BCUT2D eigenvalue weighted by atomic mass is 10.0. The molecule has 96 valence electrons. The number of aliphatic hydroxyl groups excluding tert-OH is 1. The van der Waals surface area contributed by atoms with Crippen LogP contribution in [0, 0.1) is 0 Å². The van der Waals surface area contributed by atoms with E-state index >= 15 is 0 Å². The molecule has 1 N–H and O–H groups in total. The first-order chi connectivity index (χ1) is 8.56. The van der Waals surface area contributed by atoms with Gasteiger partial charge in [-0.2, -0.15) is 0 Å². The molecule has 0 aromatic heterocycles. The number of nitrogens with zero attached hydrogens (tertiary/aromatic N) is 2. The summed E-state index contributed by atoms with van der Waals surface area (Å²) in [6.45, 7) is 2.77. The van der Waals surface area contributed by atoms with Gasteiger partial charge in [0.15, 0.2) is 12.0 Å². The van der Waals surface area contributed by atoms with Crippen LogP contribution in [0.3, 0.4) is 0 Å². The van der Waals surface area contributed by atoms with Crippen molar-refractivity contribution in [3.8, 4) is 0 Å². The number of hydrogen-bond acceptors (Lipinski definition) is 4. The molecule has 2 rings (SSSR count). The summed E-state index contributed by atoms with van der Waals surface area (Å²) in [5.41, 5.74) is 1.22. The van der Waals surface area contributed by atoms with Crippen molar-refractivity contribution in [3.05, 3.63) is 47.3 Å². The molecule has 0 radical (unpaired) electrons.